The van der Waals surface area contributed by atoms with Gasteiger partial charge in [0.1, 0.15) is 18.3 Å². The van der Waals surface area contributed by atoms with Gasteiger partial charge in [-0.15, -0.1) is 0 Å². The van der Waals surface area contributed by atoms with Gasteiger partial charge in [-0.25, -0.2) is 0 Å². The van der Waals surface area contributed by atoms with Crippen LogP contribution in [0.15, 0.2) is 24.5 Å². The number of aliphatic hydroxyl groups excluding tert-OH is 3. The van der Waals surface area contributed by atoms with E-state index in [-0.39, 0.29) is 12.8 Å². The molecule has 0 aromatic carbocycles. The normalized spacial score (nSPS) is 38.1. The summed E-state index contributed by atoms with van der Waals surface area (Å²) in [5.41, 5.74) is 0.436. The molecule has 0 radical (unpaired) electrons. The minimum Gasteiger partial charge on any atom is -0.547 e. The lowest BCUT2D eigenvalue weighted by Crippen LogP contribution is -2.65. The van der Waals surface area contributed by atoms with E-state index in [1.54, 1.807) is 6.07 Å². The van der Waals surface area contributed by atoms with Gasteiger partial charge in [0.15, 0.2) is 18.5 Å². The highest BCUT2D eigenvalue weighted by atomic mass is 16.6. The van der Waals surface area contributed by atoms with E-state index in [1.807, 2.05) is 0 Å². The topological polar surface area (TPSA) is 134 Å². The zero-order chi connectivity index (χ0) is 20.8. The average molecular weight is 355 g/mol. The predicted octanol–water partition coefficient (Wildman–Crippen LogP) is -3.00. The van der Waals surface area contributed by atoms with E-state index in [0.717, 1.165) is 4.90 Å². The number of carboxylic acids is 1. The number of carbonyl (C=O) groups is 2. The first-order valence-electron chi connectivity index (χ1n) is 9.25. The summed E-state index contributed by atoms with van der Waals surface area (Å²) in [7, 11) is 0. The summed E-state index contributed by atoms with van der Waals surface area (Å²) in [5.74, 6) is -2.26. The third-order valence-electron chi connectivity index (χ3n) is 4.56. The summed E-state index contributed by atoms with van der Waals surface area (Å²) in [6, 6.07) is 2.37. The van der Waals surface area contributed by atoms with Crippen LogP contribution in [0.5, 0.6) is 0 Å². The number of likely N-dealkylation sites (tertiary alicyclic amines) is 1. The summed E-state index contributed by atoms with van der Waals surface area (Å²) in [5, 5.41) is 41.1. The maximum Gasteiger partial charge on any atom is 0.292 e. The van der Waals surface area contributed by atoms with Gasteiger partial charge in [-0.2, -0.15) is 4.57 Å². The summed E-state index contributed by atoms with van der Waals surface area (Å²) < 4.78 is 29.2. The van der Waals surface area contributed by atoms with Gasteiger partial charge < -0.3 is 34.9 Å². The van der Waals surface area contributed by atoms with Crippen molar-refractivity contribution in [2.45, 2.75) is 49.5 Å². The van der Waals surface area contributed by atoms with E-state index in [2.05, 4.69) is 0 Å². The fourth-order valence-corrected chi connectivity index (χ4v) is 3.17. The molecule has 1 amide bonds. The molecule has 0 bridgehead atoms. The molecule has 2 aliphatic rings. The van der Waals surface area contributed by atoms with Crippen molar-refractivity contribution in [2.24, 2.45) is 0 Å². The standard InChI is InChI=1S/C16H20N2O7/c1-17-9(4-5-10(17)19)8-3-2-6-18(7-8)15-13(22)11(20)12(21)14(25-15)16(23)24/h2-3,6-7,9,11-15,20-22H,4-5H2,1H3/t9-,11+,12+,13-,14+,15-/m0/s1/i1D3. The van der Waals surface area contributed by atoms with Gasteiger partial charge in [-0.05, 0) is 12.5 Å². The first kappa shape index (κ1) is 14.1. The van der Waals surface area contributed by atoms with Crippen molar-refractivity contribution in [1.29, 1.82) is 0 Å². The maximum absolute atomic E-state index is 12.0. The summed E-state index contributed by atoms with van der Waals surface area (Å²) in [6.07, 6.45) is -5.41. The zero-order valence-electron chi connectivity index (χ0n) is 16.1. The van der Waals surface area contributed by atoms with Crippen LogP contribution in [0, 0.1) is 0 Å². The molecule has 3 N–H and O–H groups in total. The highest BCUT2D eigenvalue weighted by Gasteiger charge is 2.49. The Kier molecular flexibility index (Phi) is 3.78. The molecule has 2 aliphatic heterocycles. The zero-order valence-corrected chi connectivity index (χ0v) is 13.1. The molecule has 1 aromatic heterocycles. The van der Waals surface area contributed by atoms with E-state index < -0.39 is 55.5 Å². The molecule has 3 rings (SSSR count). The van der Waals surface area contributed by atoms with E-state index in [9.17, 15) is 30.0 Å². The number of hydrogen-bond acceptors (Lipinski definition) is 7. The highest BCUT2D eigenvalue weighted by Crippen LogP contribution is 2.31. The van der Waals surface area contributed by atoms with E-state index in [0.29, 0.717) is 5.56 Å². The lowest BCUT2D eigenvalue weighted by atomic mass is 9.97. The molecule has 25 heavy (non-hydrogen) atoms. The van der Waals surface area contributed by atoms with Crippen molar-refractivity contribution >= 4 is 11.9 Å². The number of amides is 1. The second kappa shape index (κ2) is 6.68. The second-order valence-electron chi connectivity index (χ2n) is 6.14. The monoisotopic (exact) mass is 355 g/mol. The van der Waals surface area contributed by atoms with Crippen LogP contribution in [-0.4, -0.2) is 63.5 Å². The van der Waals surface area contributed by atoms with Crippen LogP contribution in [-0.2, 0) is 14.3 Å². The summed E-state index contributed by atoms with van der Waals surface area (Å²) in [6.45, 7) is -2.62. The third-order valence-corrected chi connectivity index (χ3v) is 4.56. The van der Waals surface area contributed by atoms with Crippen LogP contribution in [0.2, 0.25) is 0 Å². The Labute approximate surface area is 147 Å². The van der Waals surface area contributed by atoms with Crippen LogP contribution in [0.1, 0.15) is 34.8 Å². The Balaban J connectivity index is 1.93. The van der Waals surface area contributed by atoms with Gasteiger partial charge in [0.2, 0.25) is 5.91 Å². The van der Waals surface area contributed by atoms with Crippen molar-refractivity contribution in [3.05, 3.63) is 30.1 Å². The number of pyridine rings is 1. The van der Waals surface area contributed by atoms with Crippen LogP contribution < -0.4 is 9.67 Å². The van der Waals surface area contributed by atoms with Crippen LogP contribution in [0.3, 0.4) is 0 Å². The molecule has 1 aromatic rings. The van der Waals surface area contributed by atoms with Crippen LogP contribution in [0.4, 0.5) is 0 Å². The molecule has 0 saturated carbocycles. The Hall–Kier alpha value is -2.07. The van der Waals surface area contributed by atoms with Gasteiger partial charge in [-0.1, -0.05) is 0 Å². The Morgan fingerprint density at radius 3 is 2.84 bits per heavy atom. The number of nitrogens with zero attached hydrogens (tertiary/aromatic N) is 2. The van der Waals surface area contributed by atoms with Gasteiger partial charge in [0.05, 0.1) is 12.0 Å². The highest BCUT2D eigenvalue weighted by molar-refractivity contribution is 5.78. The number of hydrogen-bond donors (Lipinski definition) is 3. The molecule has 6 atom stereocenters. The fourth-order valence-electron chi connectivity index (χ4n) is 3.17. The van der Waals surface area contributed by atoms with Crippen molar-refractivity contribution in [3.8, 4) is 0 Å². The van der Waals surface area contributed by atoms with Crippen LogP contribution >= 0.6 is 0 Å². The number of carboxylic acid groups (broad SMARTS) is 1. The molecule has 9 nitrogen and oxygen atoms in total. The largest absolute Gasteiger partial charge is 0.547 e. The number of rotatable bonds is 3. The molecule has 3 heterocycles. The maximum atomic E-state index is 12.0. The van der Waals surface area contributed by atoms with Gasteiger partial charge >= 0.3 is 0 Å². The first-order chi connectivity index (χ1) is 13.0. The Morgan fingerprint density at radius 1 is 1.40 bits per heavy atom. The Morgan fingerprint density at radius 2 is 2.16 bits per heavy atom. The molecule has 0 aliphatic carbocycles. The number of aliphatic hydroxyl groups is 3. The smallest absolute Gasteiger partial charge is 0.292 e. The van der Waals surface area contributed by atoms with E-state index in [4.69, 9.17) is 8.85 Å². The predicted molar refractivity (Wildman–Crippen MR) is 78.3 cm³/mol. The number of ether oxygens (including phenoxy) is 1. The minimum absolute atomic E-state index is 0.0676. The van der Waals surface area contributed by atoms with E-state index >= 15 is 0 Å². The fraction of sp³-hybridized carbons (Fsp3) is 0.562. The molecule has 136 valence electrons. The molecular formula is C16H20N2O7. The van der Waals surface area contributed by atoms with Gasteiger partial charge in [-0.3, -0.25) is 4.79 Å². The molecule has 0 unspecified atom stereocenters. The van der Waals surface area contributed by atoms with Crippen molar-refractivity contribution < 1.29 is 43.4 Å². The Bertz CT molecular complexity index is 775. The van der Waals surface area contributed by atoms with Crippen molar-refractivity contribution in [3.63, 3.8) is 0 Å². The van der Waals surface area contributed by atoms with E-state index in [1.165, 1.54) is 23.0 Å². The number of aliphatic carboxylic acids is 1. The lowest BCUT2D eigenvalue weighted by molar-refractivity contribution is -0.777. The average Bonchev–Trinajstić information content (AvgIpc) is 3.01. The summed E-state index contributed by atoms with van der Waals surface area (Å²) in [4.78, 5) is 24.0. The van der Waals surface area contributed by atoms with Crippen LogP contribution in [0.25, 0.3) is 0 Å². The molecule has 2 fully saturated rings. The second-order valence-corrected chi connectivity index (χ2v) is 6.14. The molecule has 9 heteroatoms. The molecule has 0 spiro atoms. The number of carbonyl (C=O) groups excluding carboxylic acids is 2. The lowest BCUT2D eigenvalue weighted by Gasteiger charge is -2.37. The van der Waals surface area contributed by atoms with Crippen molar-refractivity contribution in [1.82, 2.24) is 4.90 Å². The minimum atomic E-state index is -2.62. The molecule has 2 saturated heterocycles. The first-order valence-corrected chi connectivity index (χ1v) is 7.75. The quantitative estimate of drug-likeness (QED) is 0.492. The number of aromatic nitrogens is 1. The van der Waals surface area contributed by atoms with Gasteiger partial charge in [0.25, 0.3) is 6.23 Å². The van der Waals surface area contributed by atoms with Gasteiger partial charge in [0, 0.05) is 29.1 Å². The molecular weight excluding hydrogens is 332 g/mol. The third kappa shape index (κ3) is 3.11. The SMILES string of the molecule is [2H]C([2H])([2H])N1C(=O)CC[C@H]1c1ccc[n+]([C@H]2O[C@@H](C(=O)[O-])[C@H](O)[C@@H](O)[C@@H]2O)c1. The van der Waals surface area contributed by atoms with Crippen molar-refractivity contribution in [2.75, 3.05) is 6.98 Å². The summed E-state index contributed by atoms with van der Waals surface area (Å²) >= 11 is 0.